The quantitative estimate of drug-likeness (QED) is 0.701. The van der Waals surface area contributed by atoms with Gasteiger partial charge in [0.05, 0.1) is 0 Å². The summed E-state index contributed by atoms with van der Waals surface area (Å²) in [5.41, 5.74) is 0. The summed E-state index contributed by atoms with van der Waals surface area (Å²) in [6.45, 7) is 1.69. The average Bonchev–Trinajstić information content (AvgIpc) is 2.97. The highest BCUT2D eigenvalue weighted by atomic mass is 16.2. The molecule has 2 N–H and O–H groups in total. The van der Waals surface area contributed by atoms with E-state index in [0.717, 1.165) is 9.80 Å². The molecule has 0 aromatic carbocycles. The molecule has 0 bridgehead atoms. The van der Waals surface area contributed by atoms with Gasteiger partial charge in [-0.15, -0.1) is 0 Å². The van der Waals surface area contributed by atoms with E-state index in [-0.39, 0.29) is 36.7 Å². The second kappa shape index (κ2) is 5.68. The van der Waals surface area contributed by atoms with Gasteiger partial charge in [-0.05, 0) is 6.42 Å². The van der Waals surface area contributed by atoms with E-state index in [0.29, 0.717) is 32.6 Å². The van der Waals surface area contributed by atoms with E-state index in [2.05, 4.69) is 10.6 Å². The molecular formula is C11H16N4O4. The number of rotatable bonds is 4. The molecule has 0 saturated carbocycles. The van der Waals surface area contributed by atoms with Crippen molar-refractivity contribution in [2.75, 3.05) is 26.2 Å². The third kappa shape index (κ3) is 3.01. The highest BCUT2D eigenvalue weighted by Crippen LogP contribution is 2.08. The summed E-state index contributed by atoms with van der Waals surface area (Å²) in [6, 6.07) is -0.759. The number of nitrogens with one attached hydrogen (secondary N) is 2. The van der Waals surface area contributed by atoms with Crippen LogP contribution in [0.4, 0.5) is 9.59 Å². The molecule has 2 fully saturated rings. The lowest BCUT2D eigenvalue weighted by molar-refractivity contribution is -0.129. The van der Waals surface area contributed by atoms with Crippen LogP contribution < -0.4 is 10.6 Å². The van der Waals surface area contributed by atoms with Gasteiger partial charge in [0.15, 0.2) is 0 Å². The fraction of sp³-hybridized carbons (Fsp3) is 0.636. The van der Waals surface area contributed by atoms with Crippen LogP contribution in [0.2, 0.25) is 0 Å². The van der Waals surface area contributed by atoms with Crippen LogP contribution in [0.1, 0.15) is 19.3 Å². The highest BCUT2D eigenvalue weighted by Gasteiger charge is 2.27. The van der Waals surface area contributed by atoms with Crippen molar-refractivity contribution in [3.63, 3.8) is 0 Å². The van der Waals surface area contributed by atoms with Crippen LogP contribution in [0.5, 0.6) is 0 Å². The third-order valence-corrected chi connectivity index (χ3v) is 3.10. The normalized spacial score (nSPS) is 18.5. The Labute approximate surface area is 110 Å². The fourth-order valence-electron chi connectivity index (χ4n) is 2.08. The van der Waals surface area contributed by atoms with Crippen LogP contribution in [0.15, 0.2) is 0 Å². The van der Waals surface area contributed by atoms with E-state index in [1.165, 1.54) is 0 Å². The molecule has 8 heteroatoms. The van der Waals surface area contributed by atoms with Crippen LogP contribution in [0, 0.1) is 0 Å². The zero-order valence-electron chi connectivity index (χ0n) is 10.5. The van der Waals surface area contributed by atoms with Gasteiger partial charge in [-0.1, -0.05) is 0 Å². The summed E-state index contributed by atoms with van der Waals surface area (Å²) in [4.78, 5) is 48.1. The number of hydrogen-bond acceptors (Lipinski definition) is 4. The zero-order chi connectivity index (χ0) is 13.8. The standard InChI is InChI=1S/C11H16N4O4/c16-8(14-6-4-12-10(14)18)2-1-3-9(17)15-7-5-13-11(15)19/h1-7H2,(H,12,18)(H,13,19). The molecule has 2 saturated heterocycles. The molecule has 0 spiro atoms. The second-order valence-corrected chi connectivity index (χ2v) is 4.41. The summed E-state index contributed by atoms with van der Waals surface area (Å²) in [6.07, 6.45) is 0.606. The number of carbonyl (C=O) groups excluding carboxylic acids is 4. The number of hydrogen-bond donors (Lipinski definition) is 2. The zero-order valence-corrected chi connectivity index (χ0v) is 10.5. The number of carbonyl (C=O) groups is 4. The molecule has 0 atom stereocenters. The predicted octanol–water partition coefficient (Wildman–Crippen LogP) is -0.740. The Bertz CT molecular complexity index is 385. The van der Waals surface area contributed by atoms with Gasteiger partial charge in [0.25, 0.3) is 0 Å². The van der Waals surface area contributed by atoms with Crippen molar-refractivity contribution >= 4 is 23.9 Å². The first-order chi connectivity index (χ1) is 9.09. The maximum Gasteiger partial charge on any atom is 0.324 e. The van der Waals surface area contributed by atoms with Crippen LogP contribution in [-0.2, 0) is 9.59 Å². The van der Waals surface area contributed by atoms with Crippen LogP contribution in [0.3, 0.4) is 0 Å². The monoisotopic (exact) mass is 268 g/mol. The lowest BCUT2D eigenvalue weighted by Crippen LogP contribution is -2.35. The van der Waals surface area contributed by atoms with Crippen molar-refractivity contribution < 1.29 is 19.2 Å². The lowest BCUT2D eigenvalue weighted by atomic mass is 10.2. The summed E-state index contributed by atoms with van der Waals surface area (Å²) in [5.74, 6) is -0.567. The molecule has 104 valence electrons. The first-order valence-corrected chi connectivity index (χ1v) is 6.26. The van der Waals surface area contributed by atoms with Gasteiger partial charge in [-0.3, -0.25) is 19.4 Å². The van der Waals surface area contributed by atoms with E-state index in [1.54, 1.807) is 0 Å². The Morgan fingerprint density at radius 3 is 1.63 bits per heavy atom. The number of amides is 6. The molecule has 0 radical (unpaired) electrons. The summed E-state index contributed by atoms with van der Waals surface area (Å²) in [5, 5.41) is 5.08. The van der Waals surface area contributed by atoms with Gasteiger partial charge in [-0.25, -0.2) is 9.59 Å². The van der Waals surface area contributed by atoms with Gasteiger partial charge in [0.1, 0.15) is 0 Å². The molecule has 2 heterocycles. The smallest absolute Gasteiger partial charge is 0.324 e. The highest BCUT2D eigenvalue weighted by molar-refractivity contribution is 5.97. The van der Waals surface area contributed by atoms with Gasteiger partial charge in [0, 0.05) is 39.0 Å². The lowest BCUT2D eigenvalue weighted by Gasteiger charge is -2.13. The molecule has 0 aromatic rings. The van der Waals surface area contributed by atoms with Crippen molar-refractivity contribution in [3.05, 3.63) is 0 Å². The Balaban J connectivity index is 1.71. The average molecular weight is 268 g/mol. The van der Waals surface area contributed by atoms with Gasteiger partial charge < -0.3 is 10.6 Å². The first kappa shape index (κ1) is 13.3. The number of urea groups is 2. The fourth-order valence-corrected chi connectivity index (χ4v) is 2.08. The minimum absolute atomic E-state index is 0.134. The minimum Gasteiger partial charge on any atom is -0.336 e. The summed E-state index contributed by atoms with van der Waals surface area (Å²) >= 11 is 0. The van der Waals surface area contributed by atoms with Crippen LogP contribution in [0.25, 0.3) is 0 Å². The van der Waals surface area contributed by atoms with Crippen molar-refractivity contribution in [1.29, 1.82) is 0 Å². The molecule has 19 heavy (non-hydrogen) atoms. The molecular weight excluding hydrogens is 252 g/mol. The van der Waals surface area contributed by atoms with Crippen LogP contribution in [-0.4, -0.2) is 59.9 Å². The van der Waals surface area contributed by atoms with E-state index in [9.17, 15) is 19.2 Å². The Morgan fingerprint density at radius 1 is 0.895 bits per heavy atom. The van der Waals surface area contributed by atoms with Crippen LogP contribution >= 0.6 is 0 Å². The van der Waals surface area contributed by atoms with Crippen molar-refractivity contribution in [2.45, 2.75) is 19.3 Å². The van der Waals surface area contributed by atoms with Crippen molar-refractivity contribution in [3.8, 4) is 0 Å². The van der Waals surface area contributed by atoms with Crippen molar-refractivity contribution in [2.24, 2.45) is 0 Å². The van der Waals surface area contributed by atoms with Crippen molar-refractivity contribution in [1.82, 2.24) is 20.4 Å². The van der Waals surface area contributed by atoms with E-state index >= 15 is 0 Å². The molecule has 0 unspecified atom stereocenters. The maximum absolute atomic E-state index is 11.7. The third-order valence-electron chi connectivity index (χ3n) is 3.10. The van der Waals surface area contributed by atoms with E-state index in [4.69, 9.17) is 0 Å². The van der Waals surface area contributed by atoms with E-state index in [1.807, 2.05) is 0 Å². The van der Waals surface area contributed by atoms with Gasteiger partial charge in [0.2, 0.25) is 11.8 Å². The van der Waals surface area contributed by atoms with Gasteiger partial charge in [-0.2, -0.15) is 0 Å². The molecule has 8 nitrogen and oxygen atoms in total. The largest absolute Gasteiger partial charge is 0.336 e. The first-order valence-electron chi connectivity index (χ1n) is 6.26. The molecule has 0 aliphatic carbocycles. The maximum atomic E-state index is 11.7. The SMILES string of the molecule is O=C(CCCC(=O)N1CCNC1=O)N1CCNC1=O. The molecule has 6 amide bonds. The molecule has 2 aliphatic rings. The Morgan fingerprint density at radius 2 is 1.32 bits per heavy atom. The number of nitrogens with zero attached hydrogens (tertiary/aromatic N) is 2. The summed E-state index contributed by atoms with van der Waals surface area (Å²) in [7, 11) is 0. The minimum atomic E-state index is -0.379. The molecule has 0 aromatic heterocycles. The Kier molecular flexibility index (Phi) is 3.98. The topological polar surface area (TPSA) is 98.8 Å². The molecule has 2 rings (SSSR count). The molecule has 2 aliphatic heterocycles. The number of imide groups is 2. The van der Waals surface area contributed by atoms with E-state index < -0.39 is 0 Å². The predicted molar refractivity (Wildman–Crippen MR) is 64.1 cm³/mol. The Hall–Kier alpha value is -2.12. The summed E-state index contributed by atoms with van der Waals surface area (Å²) < 4.78 is 0. The second-order valence-electron chi connectivity index (χ2n) is 4.41. The van der Waals surface area contributed by atoms with Gasteiger partial charge >= 0.3 is 12.1 Å².